The Kier molecular flexibility index (Phi) is 4.80. The standard InChI is InChI=1S/C17H19N3O3S/c1-11-6-7-13(23-11)16-15(12-5-3-4-9-18-12)19-17(24)20(16)10-8-14(21)22-2/h3-7,9,15-16H,8,10H2,1-2H3,(H,19,24)/t15-,16+/m0/s1. The van der Waals surface area contributed by atoms with Crippen LogP contribution in [0.1, 0.15) is 35.7 Å². The van der Waals surface area contributed by atoms with Gasteiger partial charge in [0.1, 0.15) is 17.6 Å². The van der Waals surface area contributed by atoms with Crippen LogP contribution in [0, 0.1) is 6.92 Å². The topological polar surface area (TPSA) is 67.6 Å². The number of aryl methyl sites for hydroxylation is 1. The maximum Gasteiger partial charge on any atom is 0.307 e. The van der Waals surface area contributed by atoms with Crippen molar-refractivity contribution in [3.8, 4) is 0 Å². The molecule has 2 aromatic heterocycles. The molecule has 1 N–H and O–H groups in total. The molecular weight excluding hydrogens is 326 g/mol. The van der Waals surface area contributed by atoms with E-state index in [0.29, 0.717) is 11.7 Å². The number of hydrogen-bond acceptors (Lipinski definition) is 5. The van der Waals surface area contributed by atoms with Crippen LogP contribution in [0.5, 0.6) is 0 Å². The van der Waals surface area contributed by atoms with Crippen molar-refractivity contribution in [1.29, 1.82) is 0 Å². The number of nitrogens with zero attached hydrogens (tertiary/aromatic N) is 2. The first-order chi connectivity index (χ1) is 11.6. The maximum absolute atomic E-state index is 11.5. The zero-order valence-corrected chi connectivity index (χ0v) is 14.4. The molecule has 1 saturated heterocycles. The second-order valence-corrected chi connectivity index (χ2v) is 5.98. The van der Waals surface area contributed by atoms with Crippen molar-refractivity contribution in [2.45, 2.75) is 25.4 Å². The molecule has 0 aromatic carbocycles. The third kappa shape index (κ3) is 3.26. The van der Waals surface area contributed by atoms with E-state index in [4.69, 9.17) is 21.4 Å². The van der Waals surface area contributed by atoms with E-state index in [0.717, 1.165) is 17.2 Å². The van der Waals surface area contributed by atoms with Gasteiger partial charge in [-0.05, 0) is 43.4 Å². The molecule has 24 heavy (non-hydrogen) atoms. The van der Waals surface area contributed by atoms with E-state index in [2.05, 4.69) is 10.3 Å². The maximum atomic E-state index is 11.5. The van der Waals surface area contributed by atoms with Crippen LogP contribution in [0.2, 0.25) is 0 Å². The first-order valence-corrected chi connectivity index (χ1v) is 8.12. The lowest BCUT2D eigenvalue weighted by Gasteiger charge is -2.25. The summed E-state index contributed by atoms with van der Waals surface area (Å²) in [5, 5.41) is 3.88. The van der Waals surface area contributed by atoms with Gasteiger partial charge in [0.2, 0.25) is 0 Å². The number of carbonyl (C=O) groups excluding carboxylic acids is 1. The number of pyridine rings is 1. The summed E-state index contributed by atoms with van der Waals surface area (Å²) < 4.78 is 10.6. The Balaban J connectivity index is 1.92. The third-order valence-electron chi connectivity index (χ3n) is 4.03. The fourth-order valence-corrected chi connectivity index (χ4v) is 3.21. The summed E-state index contributed by atoms with van der Waals surface area (Å²) >= 11 is 5.48. The number of carbonyl (C=O) groups is 1. The highest BCUT2D eigenvalue weighted by Crippen LogP contribution is 2.39. The van der Waals surface area contributed by atoms with E-state index in [1.54, 1.807) is 6.20 Å². The van der Waals surface area contributed by atoms with E-state index in [1.165, 1.54) is 7.11 Å². The number of ether oxygens (including phenoxy) is 1. The van der Waals surface area contributed by atoms with E-state index >= 15 is 0 Å². The van der Waals surface area contributed by atoms with Gasteiger partial charge in [0.15, 0.2) is 5.11 Å². The van der Waals surface area contributed by atoms with Crippen LogP contribution in [0.3, 0.4) is 0 Å². The van der Waals surface area contributed by atoms with Gasteiger partial charge in [-0.3, -0.25) is 9.78 Å². The molecule has 1 aliphatic rings. The lowest BCUT2D eigenvalue weighted by Crippen LogP contribution is -2.31. The van der Waals surface area contributed by atoms with Gasteiger partial charge in [-0.25, -0.2) is 0 Å². The van der Waals surface area contributed by atoms with E-state index in [1.807, 2.05) is 42.2 Å². The Bertz CT molecular complexity index is 732. The highest BCUT2D eigenvalue weighted by atomic mass is 32.1. The summed E-state index contributed by atoms with van der Waals surface area (Å²) in [5.41, 5.74) is 0.875. The molecule has 3 heterocycles. The third-order valence-corrected chi connectivity index (χ3v) is 4.39. The zero-order valence-electron chi connectivity index (χ0n) is 13.6. The molecule has 126 valence electrons. The minimum atomic E-state index is -0.270. The second kappa shape index (κ2) is 7.00. The van der Waals surface area contributed by atoms with Crippen molar-refractivity contribution < 1.29 is 13.9 Å². The number of hydrogen-bond donors (Lipinski definition) is 1. The van der Waals surface area contributed by atoms with Crippen molar-refractivity contribution in [2.24, 2.45) is 0 Å². The normalized spacial score (nSPS) is 20.1. The van der Waals surface area contributed by atoms with Crippen LogP contribution in [-0.4, -0.2) is 34.6 Å². The van der Waals surface area contributed by atoms with Crippen molar-refractivity contribution in [2.75, 3.05) is 13.7 Å². The van der Waals surface area contributed by atoms with Gasteiger partial charge >= 0.3 is 5.97 Å². The van der Waals surface area contributed by atoms with Crippen molar-refractivity contribution in [3.63, 3.8) is 0 Å². The molecule has 2 atom stereocenters. The lowest BCUT2D eigenvalue weighted by atomic mass is 10.0. The van der Waals surface area contributed by atoms with Crippen molar-refractivity contribution in [1.82, 2.24) is 15.2 Å². The molecule has 0 radical (unpaired) electrons. The van der Waals surface area contributed by atoms with Gasteiger partial charge in [-0.1, -0.05) is 6.07 Å². The molecule has 2 aromatic rings. The average molecular weight is 345 g/mol. The Hall–Kier alpha value is -2.41. The average Bonchev–Trinajstić information content (AvgIpc) is 3.16. The molecule has 0 spiro atoms. The first-order valence-electron chi connectivity index (χ1n) is 7.71. The first kappa shape index (κ1) is 16.4. The Morgan fingerprint density at radius 1 is 1.42 bits per heavy atom. The Labute approximate surface area is 145 Å². The van der Waals surface area contributed by atoms with Gasteiger partial charge in [-0.2, -0.15) is 0 Å². The monoisotopic (exact) mass is 345 g/mol. The smallest absolute Gasteiger partial charge is 0.307 e. The molecule has 1 fully saturated rings. The van der Waals surface area contributed by atoms with Crippen LogP contribution in [0.4, 0.5) is 0 Å². The Morgan fingerprint density at radius 3 is 2.88 bits per heavy atom. The van der Waals surface area contributed by atoms with Crippen molar-refractivity contribution in [3.05, 3.63) is 53.7 Å². The van der Waals surface area contributed by atoms with Gasteiger partial charge in [-0.15, -0.1) is 0 Å². The number of nitrogens with one attached hydrogen (secondary N) is 1. The summed E-state index contributed by atoms with van der Waals surface area (Å²) in [6.07, 6.45) is 2.01. The summed E-state index contributed by atoms with van der Waals surface area (Å²) in [6, 6.07) is 9.33. The van der Waals surface area contributed by atoms with Crippen LogP contribution >= 0.6 is 12.2 Å². The summed E-state index contributed by atoms with van der Waals surface area (Å²) in [6.45, 7) is 2.35. The van der Waals surface area contributed by atoms with Gasteiger partial charge in [0.25, 0.3) is 0 Å². The number of rotatable bonds is 5. The largest absolute Gasteiger partial charge is 0.469 e. The molecule has 0 aliphatic carbocycles. The molecule has 0 saturated carbocycles. The molecule has 0 bridgehead atoms. The predicted molar refractivity (Wildman–Crippen MR) is 92.2 cm³/mol. The minimum Gasteiger partial charge on any atom is -0.469 e. The van der Waals surface area contributed by atoms with E-state index in [-0.39, 0.29) is 24.5 Å². The fraction of sp³-hybridized carbons (Fsp3) is 0.353. The number of aromatic nitrogens is 1. The van der Waals surface area contributed by atoms with Gasteiger partial charge in [0, 0.05) is 12.7 Å². The molecule has 7 heteroatoms. The van der Waals surface area contributed by atoms with E-state index in [9.17, 15) is 4.79 Å². The van der Waals surface area contributed by atoms with Gasteiger partial charge < -0.3 is 19.4 Å². The number of thiocarbonyl (C=S) groups is 1. The summed E-state index contributed by atoms with van der Waals surface area (Å²) in [5.74, 6) is 1.35. The molecule has 3 rings (SSSR count). The quantitative estimate of drug-likeness (QED) is 0.660. The van der Waals surface area contributed by atoms with Gasteiger partial charge in [0.05, 0.1) is 25.3 Å². The second-order valence-electron chi connectivity index (χ2n) is 5.59. The SMILES string of the molecule is COC(=O)CCN1C(=S)N[C@@H](c2ccccn2)[C@H]1c1ccc(C)o1. The van der Waals surface area contributed by atoms with E-state index < -0.39 is 0 Å². The highest BCUT2D eigenvalue weighted by Gasteiger charge is 2.41. The number of esters is 1. The summed E-state index contributed by atoms with van der Waals surface area (Å²) in [7, 11) is 1.38. The van der Waals surface area contributed by atoms with Crippen LogP contribution in [0.25, 0.3) is 0 Å². The minimum absolute atomic E-state index is 0.137. The molecule has 6 nitrogen and oxygen atoms in total. The highest BCUT2D eigenvalue weighted by molar-refractivity contribution is 7.80. The molecular formula is C17H19N3O3S. The number of methoxy groups -OCH3 is 1. The van der Waals surface area contributed by atoms with Crippen LogP contribution in [0.15, 0.2) is 40.9 Å². The molecule has 1 aliphatic heterocycles. The zero-order chi connectivity index (χ0) is 17.1. The van der Waals surface area contributed by atoms with Crippen LogP contribution < -0.4 is 5.32 Å². The Morgan fingerprint density at radius 2 is 2.25 bits per heavy atom. The predicted octanol–water partition coefficient (Wildman–Crippen LogP) is 2.52. The molecule has 0 amide bonds. The summed E-state index contributed by atoms with van der Waals surface area (Å²) in [4.78, 5) is 17.9. The van der Waals surface area contributed by atoms with Crippen LogP contribution in [-0.2, 0) is 9.53 Å². The van der Waals surface area contributed by atoms with Crippen molar-refractivity contribution >= 4 is 23.3 Å². The lowest BCUT2D eigenvalue weighted by molar-refractivity contribution is -0.140. The number of furan rings is 1. The molecule has 0 unspecified atom stereocenters. The fourth-order valence-electron chi connectivity index (χ4n) is 2.88.